The first kappa shape index (κ1) is 19.9. The van der Waals surface area contributed by atoms with Crippen LogP contribution >= 0.6 is 11.3 Å². The third kappa shape index (κ3) is 5.55. The summed E-state index contributed by atoms with van der Waals surface area (Å²) in [4.78, 5) is 31.8. The molecule has 2 aliphatic rings. The largest absolute Gasteiger partial charge is 0.480 e. The van der Waals surface area contributed by atoms with Crippen LogP contribution in [0.25, 0.3) is 0 Å². The molecule has 0 aromatic carbocycles. The molecule has 1 saturated heterocycles. The van der Waals surface area contributed by atoms with Crippen molar-refractivity contribution < 1.29 is 14.7 Å². The smallest absolute Gasteiger partial charge is 0.317 e. The number of anilines is 1. The maximum Gasteiger partial charge on any atom is 0.317 e. The minimum absolute atomic E-state index is 0.0626. The number of urea groups is 1. The maximum absolute atomic E-state index is 12.0. The number of thiazole rings is 1. The maximum atomic E-state index is 12.0. The number of carbonyl (C=O) groups is 2. The van der Waals surface area contributed by atoms with Crippen molar-refractivity contribution in [2.24, 2.45) is 0 Å². The van der Waals surface area contributed by atoms with E-state index in [0.29, 0.717) is 13.1 Å². The molecule has 27 heavy (non-hydrogen) atoms. The van der Waals surface area contributed by atoms with Crippen LogP contribution in [0.3, 0.4) is 0 Å². The van der Waals surface area contributed by atoms with Crippen LogP contribution in [0.4, 0.5) is 9.93 Å². The van der Waals surface area contributed by atoms with Crippen molar-refractivity contribution >= 4 is 28.5 Å². The lowest BCUT2D eigenvalue weighted by molar-refractivity contribution is -0.139. The number of likely N-dealkylation sites (N-methyl/N-ethyl adjacent to an activating group) is 1. The van der Waals surface area contributed by atoms with Gasteiger partial charge in [-0.05, 0) is 32.2 Å². The summed E-state index contributed by atoms with van der Waals surface area (Å²) in [6.07, 6.45) is 4.82. The number of aromatic nitrogens is 1. The molecule has 8 nitrogen and oxygen atoms in total. The molecular formula is C18H29N5O3S. The normalized spacial score (nSPS) is 21.9. The number of nitrogens with zero attached hydrogens (tertiary/aromatic N) is 3. The molecule has 0 radical (unpaired) electrons. The molecule has 3 N–H and O–H groups in total. The highest BCUT2D eigenvalue weighted by molar-refractivity contribution is 7.13. The number of rotatable bonds is 9. The summed E-state index contributed by atoms with van der Waals surface area (Å²) in [5.41, 5.74) is 1.03. The zero-order valence-electron chi connectivity index (χ0n) is 15.8. The Morgan fingerprint density at radius 2 is 2.11 bits per heavy atom. The van der Waals surface area contributed by atoms with Crippen molar-refractivity contribution in [2.45, 2.75) is 51.1 Å². The van der Waals surface area contributed by atoms with Crippen molar-refractivity contribution in [3.63, 3.8) is 0 Å². The lowest BCUT2D eigenvalue weighted by atomic mass is 9.85. The van der Waals surface area contributed by atoms with Gasteiger partial charge in [-0.2, -0.15) is 0 Å². The van der Waals surface area contributed by atoms with Crippen LogP contribution in [0, 0.1) is 0 Å². The Morgan fingerprint density at radius 1 is 1.37 bits per heavy atom. The number of amides is 2. The summed E-state index contributed by atoms with van der Waals surface area (Å²) >= 11 is 1.68. The van der Waals surface area contributed by atoms with Gasteiger partial charge in [-0.15, -0.1) is 11.3 Å². The summed E-state index contributed by atoms with van der Waals surface area (Å²) in [7, 11) is 0. The Kier molecular flexibility index (Phi) is 6.89. The summed E-state index contributed by atoms with van der Waals surface area (Å²) in [5, 5.41) is 17.9. The zero-order chi connectivity index (χ0) is 19.2. The van der Waals surface area contributed by atoms with E-state index in [0.717, 1.165) is 43.2 Å². The number of aliphatic carboxylic acids is 1. The predicted molar refractivity (Wildman–Crippen MR) is 105 cm³/mol. The Bertz CT molecular complexity index is 641. The number of carboxylic acid groups (broad SMARTS) is 1. The second-order valence-electron chi connectivity index (χ2n) is 7.24. The molecule has 1 aliphatic heterocycles. The molecule has 1 saturated carbocycles. The summed E-state index contributed by atoms with van der Waals surface area (Å²) < 4.78 is 0. The Hall–Kier alpha value is -1.87. The highest BCUT2D eigenvalue weighted by Crippen LogP contribution is 2.26. The van der Waals surface area contributed by atoms with Gasteiger partial charge >= 0.3 is 12.0 Å². The molecular weight excluding hydrogens is 366 g/mol. The number of carbonyl (C=O) groups excluding carboxylic acids is 1. The molecule has 9 heteroatoms. The van der Waals surface area contributed by atoms with Gasteiger partial charge in [0, 0.05) is 43.5 Å². The predicted octanol–water partition coefficient (Wildman–Crippen LogP) is 1.52. The number of hydrogen-bond donors (Lipinski definition) is 3. The summed E-state index contributed by atoms with van der Waals surface area (Å²) in [6, 6.07) is 0.212. The van der Waals surface area contributed by atoms with E-state index in [9.17, 15) is 9.59 Å². The number of nitrogens with one attached hydrogen (secondary N) is 2. The fourth-order valence-electron chi connectivity index (χ4n) is 3.68. The third-order valence-electron chi connectivity index (χ3n) is 5.29. The fourth-order valence-corrected chi connectivity index (χ4v) is 4.60. The van der Waals surface area contributed by atoms with E-state index in [1.807, 2.05) is 11.8 Å². The standard InChI is InChI=1S/C18H29N5O3S/c1-2-22(11-16(24)25)15-9-14(10-15)20-17(26)19-6-5-13-12-27-18(21-13)23-7-3-4-8-23/h12,14-15H,2-11H2,1H3,(H,24,25)(H2,19,20,26). The van der Waals surface area contributed by atoms with Gasteiger partial charge in [0.15, 0.2) is 5.13 Å². The van der Waals surface area contributed by atoms with Gasteiger partial charge in [0.2, 0.25) is 0 Å². The molecule has 2 fully saturated rings. The SMILES string of the molecule is CCN(CC(=O)O)C1CC(NC(=O)NCCc2csc(N3CCCC3)n2)C1. The van der Waals surface area contributed by atoms with Crippen LogP contribution in [0.1, 0.15) is 38.3 Å². The van der Waals surface area contributed by atoms with Gasteiger partial charge in [0.05, 0.1) is 12.2 Å². The molecule has 1 aromatic heterocycles. The first-order valence-corrected chi connectivity index (χ1v) is 10.6. The fraction of sp³-hybridized carbons (Fsp3) is 0.722. The van der Waals surface area contributed by atoms with Gasteiger partial charge in [0.1, 0.15) is 0 Å². The van der Waals surface area contributed by atoms with Crippen molar-refractivity contribution in [3.05, 3.63) is 11.1 Å². The van der Waals surface area contributed by atoms with Crippen LogP contribution in [-0.2, 0) is 11.2 Å². The summed E-state index contributed by atoms with van der Waals surface area (Å²) in [6.45, 7) is 5.49. The average molecular weight is 396 g/mol. The van der Waals surface area contributed by atoms with E-state index < -0.39 is 5.97 Å². The van der Waals surface area contributed by atoms with E-state index in [1.54, 1.807) is 11.3 Å². The lowest BCUT2D eigenvalue weighted by Gasteiger charge is -2.42. The van der Waals surface area contributed by atoms with Gasteiger partial charge in [-0.1, -0.05) is 6.92 Å². The van der Waals surface area contributed by atoms with E-state index >= 15 is 0 Å². The van der Waals surface area contributed by atoms with Crippen molar-refractivity contribution in [1.82, 2.24) is 20.5 Å². The first-order valence-electron chi connectivity index (χ1n) is 9.74. The zero-order valence-corrected chi connectivity index (χ0v) is 16.6. The van der Waals surface area contributed by atoms with Crippen molar-refractivity contribution in [2.75, 3.05) is 37.6 Å². The van der Waals surface area contributed by atoms with E-state index in [-0.39, 0.29) is 24.7 Å². The van der Waals surface area contributed by atoms with Gasteiger partial charge in [-0.25, -0.2) is 9.78 Å². The van der Waals surface area contributed by atoms with E-state index in [2.05, 4.69) is 25.9 Å². The third-order valence-corrected chi connectivity index (χ3v) is 6.24. The monoisotopic (exact) mass is 395 g/mol. The molecule has 3 rings (SSSR count). The first-order chi connectivity index (χ1) is 13.0. The second-order valence-corrected chi connectivity index (χ2v) is 8.08. The Labute approximate surface area is 163 Å². The lowest BCUT2D eigenvalue weighted by Crippen LogP contribution is -2.56. The molecule has 0 spiro atoms. The van der Waals surface area contributed by atoms with E-state index in [4.69, 9.17) is 5.11 Å². The molecule has 150 valence electrons. The topological polar surface area (TPSA) is 97.8 Å². The molecule has 1 aromatic rings. The van der Waals surface area contributed by atoms with Crippen molar-refractivity contribution in [3.8, 4) is 0 Å². The molecule has 0 bridgehead atoms. The minimum Gasteiger partial charge on any atom is -0.480 e. The molecule has 1 aliphatic carbocycles. The second kappa shape index (κ2) is 9.36. The average Bonchev–Trinajstić information content (AvgIpc) is 3.27. The van der Waals surface area contributed by atoms with Crippen LogP contribution in [0.5, 0.6) is 0 Å². The summed E-state index contributed by atoms with van der Waals surface area (Å²) in [5.74, 6) is -0.805. The van der Waals surface area contributed by atoms with E-state index in [1.165, 1.54) is 12.8 Å². The van der Waals surface area contributed by atoms with Crippen molar-refractivity contribution in [1.29, 1.82) is 0 Å². The quantitative estimate of drug-likeness (QED) is 0.587. The van der Waals surface area contributed by atoms with Crippen LogP contribution < -0.4 is 15.5 Å². The van der Waals surface area contributed by atoms with Gasteiger partial charge < -0.3 is 20.6 Å². The molecule has 2 amide bonds. The van der Waals surface area contributed by atoms with Crippen LogP contribution in [-0.4, -0.2) is 71.8 Å². The Balaban J connectivity index is 1.31. The molecule has 0 atom stereocenters. The van der Waals surface area contributed by atoms with Gasteiger partial charge in [-0.3, -0.25) is 9.69 Å². The number of carboxylic acids is 1. The highest BCUT2D eigenvalue weighted by Gasteiger charge is 2.34. The highest BCUT2D eigenvalue weighted by atomic mass is 32.1. The minimum atomic E-state index is -0.805. The number of hydrogen-bond acceptors (Lipinski definition) is 6. The Morgan fingerprint density at radius 3 is 2.78 bits per heavy atom. The van der Waals surface area contributed by atoms with Crippen LogP contribution in [0.2, 0.25) is 0 Å². The van der Waals surface area contributed by atoms with Gasteiger partial charge in [0.25, 0.3) is 0 Å². The van der Waals surface area contributed by atoms with Crippen LogP contribution in [0.15, 0.2) is 5.38 Å². The molecule has 2 heterocycles. The molecule has 0 unspecified atom stereocenters.